The largest absolute Gasteiger partial charge is 0.497 e. The molecule has 0 heterocycles. The summed E-state index contributed by atoms with van der Waals surface area (Å²) in [5, 5.41) is 0. The lowest BCUT2D eigenvalue weighted by molar-refractivity contribution is -0.112. The normalized spacial score (nSPS) is 16.4. The fraction of sp³-hybridized carbons (Fsp3) is 0.200. The third-order valence-corrected chi connectivity index (χ3v) is 3.95. The first-order chi connectivity index (χ1) is 9.51. The molecule has 5 heteroatoms. The second kappa shape index (κ2) is 5.96. The predicted octanol–water partition coefficient (Wildman–Crippen LogP) is 2.63. The maximum Gasteiger partial charge on any atom is 0.184 e. The minimum absolute atomic E-state index is 0.000759. The minimum Gasteiger partial charge on any atom is -0.497 e. The van der Waals surface area contributed by atoms with Gasteiger partial charge in [0, 0.05) is 0 Å². The highest BCUT2D eigenvalue weighted by atomic mass is 32.2. The lowest BCUT2D eigenvalue weighted by Crippen LogP contribution is -2.11. The molecule has 0 spiro atoms. The van der Waals surface area contributed by atoms with Gasteiger partial charge in [0.2, 0.25) is 0 Å². The zero-order valence-electron chi connectivity index (χ0n) is 11.5. The Labute approximate surface area is 120 Å². The van der Waals surface area contributed by atoms with Crippen LogP contribution in [0.4, 0.5) is 0 Å². The highest BCUT2D eigenvalue weighted by molar-refractivity contribution is 7.84. The van der Waals surface area contributed by atoms with E-state index in [2.05, 4.69) is 4.40 Å². The monoisotopic (exact) mass is 289 g/mol. The van der Waals surface area contributed by atoms with Gasteiger partial charge < -0.3 is 4.74 Å². The van der Waals surface area contributed by atoms with Gasteiger partial charge in [0.05, 0.1) is 17.7 Å². The average Bonchev–Trinajstić information content (AvgIpc) is 2.44. The molecule has 0 radical (unpaired) electrons. The number of allylic oxidation sites excluding steroid dienone is 4. The third-order valence-electron chi connectivity index (χ3n) is 2.89. The molecule has 1 aliphatic carbocycles. The molecule has 1 aliphatic rings. The standard InChI is InChI=1S/C15H15NO3S/c1-10-8-12(9-11(2)15(10)17)16-20(18)14-6-4-13(19-3)5-7-14/h4-9H,1-3H3. The van der Waals surface area contributed by atoms with E-state index in [-0.39, 0.29) is 5.78 Å². The second-order valence-electron chi connectivity index (χ2n) is 4.42. The van der Waals surface area contributed by atoms with E-state index < -0.39 is 11.0 Å². The van der Waals surface area contributed by atoms with Crippen molar-refractivity contribution < 1.29 is 13.7 Å². The Morgan fingerprint density at radius 2 is 1.60 bits per heavy atom. The number of ether oxygens (including phenoxy) is 1. The van der Waals surface area contributed by atoms with Gasteiger partial charge in [-0.3, -0.25) is 4.79 Å². The summed E-state index contributed by atoms with van der Waals surface area (Å²) in [7, 11) is 0.0754. The van der Waals surface area contributed by atoms with Crippen LogP contribution in [-0.2, 0) is 15.8 Å². The number of methoxy groups -OCH3 is 1. The number of carbonyl (C=O) groups is 1. The van der Waals surface area contributed by atoms with E-state index in [0.717, 1.165) is 0 Å². The smallest absolute Gasteiger partial charge is 0.184 e. The van der Waals surface area contributed by atoms with Crippen LogP contribution in [0, 0.1) is 0 Å². The quantitative estimate of drug-likeness (QED) is 0.804. The third kappa shape index (κ3) is 3.11. The van der Waals surface area contributed by atoms with Crippen LogP contribution in [0.15, 0.2) is 56.9 Å². The molecule has 20 heavy (non-hydrogen) atoms. The van der Waals surface area contributed by atoms with Gasteiger partial charge in [-0.25, -0.2) is 4.21 Å². The molecular formula is C15H15NO3S. The predicted molar refractivity (Wildman–Crippen MR) is 79.4 cm³/mol. The van der Waals surface area contributed by atoms with Crippen molar-refractivity contribution in [1.82, 2.24) is 0 Å². The maximum absolute atomic E-state index is 12.1. The fourth-order valence-electron chi connectivity index (χ4n) is 1.82. The molecule has 0 bridgehead atoms. The summed E-state index contributed by atoms with van der Waals surface area (Å²) < 4.78 is 21.3. The number of Topliss-reactive ketones (excluding diaryl/α,β-unsaturated/α-hetero) is 1. The summed E-state index contributed by atoms with van der Waals surface area (Å²) in [6, 6.07) is 6.89. The van der Waals surface area contributed by atoms with Crippen LogP contribution in [0.2, 0.25) is 0 Å². The second-order valence-corrected chi connectivity index (χ2v) is 5.58. The molecule has 1 aromatic carbocycles. The van der Waals surface area contributed by atoms with Crippen LogP contribution in [0.5, 0.6) is 5.75 Å². The minimum atomic E-state index is -1.50. The Morgan fingerprint density at radius 1 is 1.05 bits per heavy atom. The van der Waals surface area contributed by atoms with Gasteiger partial charge in [0.25, 0.3) is 0 Å². The molecule has 1 atom stereocenters. The first-order valence-corrected chi connectivity index (χ1v) is 7.18. The Morgan fingerprint density at radius 3 is 2.10 bits per heavy atom. The average molecular weight is 289 g/mol. The Balaban J connectivity index is 2.26. The summed E-state index contributed by atoms with van der Waals surface area (Å²) in [6.45, 7) is 3.45. The zero-order valence-corrected chi connectivity index (χ0v) is 12.4. The summed E-state index contributed by atoms with van der Waals surface area (Å²) in [5.74, 6) is 0.701. The van der Waals surface area contributed by atoms with Crippen molar-refractivity contribution in [2.75, 3.05) is 7.11 Å². The van der Waals surface area contributed by atoms with Crippen molar-refractivity contribution in [1.29, 1.82) is 0 Å². The van der Waals surface area contributed by atoms with E-state index in [1.165, 1.54) is 0 Å². The summed E-state index contributed by atoms with van der Waals surface area (Å²) >= 11 is 0. The maximum atomic E-state index is 12.1. The van der Waals surface area contributed by atoms with Crippen molar-refractivity contribution >= 4 is 22.5 Å². The van der Waals surface area contributed by atoms with Crippen LogP contribution in [0.3, 0.4) is 0 Å². The molecule has 1 aromatic rings. The molecule has 104 valence electrons. The van der Waals surface area contributed by atoms with Crippen LogP contribution >= 0.6 is 0 Å². The molecule has 0 amide bonds. The van der Waals surface area contributed by atoms with Crippen LogP contribution < -0.4 is 4.74 Å². The molecule has 0 N–H and O–H groups in total. The van der Waals surface area contributed by atoms with Gasteiger partial charge >= 0.3 is 0 Å². The van der Waals surface area contributed by atoms with Gasteiger partial charge in [-0.05, 0) is 61.4 Å². The lowest BCUT2D eigenvalue weighted by Gasteiger charge is -2.08. The number of benzene rings is 1. The number of rotatable bonds is 3. The van der Waals surface area contributed by atoms with Gasteiger partial charge in [-0.15, -0.1) is 0 Å². The molecule has 2 rings (SSSR count). The highest BCUT2D eigenvalue weighted by Crippen LogP contribution is 2.17. The van der Waals surface area contributed by atoms with Crippen molar-refractivity contribution in [2.24, 2.45) is 4.40 Å². The Kier molecular flexibility index (Phi) is 4.29. The summed E-state index contributed by atoms with van der Waals surface area (Å²) in [4.78, 5) is 12.2. The van der Waals surface area contributed by atoms with Crippen molar-refractivity contribution in [3.8, 4) is 5.75 Å². The van der Waals surface area contributed by atoms with Crippen molar-refractivity contribution in [3.63, 3.8) is 0 Å². The van der Waals surface area contributed by atoms with Crippen LogP contribution in [0.25, 0.3) is 0 Å². The molecule has 1 unspecified atom stereocenters. The van der Waals surface area contributed by atoms with Gasteiger partial charge in [-0.1, -0.05) is 0 Å². The SMILES string of the molecule is COc1ccc(S(=O)N=C2C=C(C)C(=O)C(C)=C2)cc1. The number of hydrogen-bond donors (Lipinski definition) is 0. The van der Waals surface area contributed by atoms with Crippen LogP contribution in [0.1, 0.15) is 13.8 Å². The first-order valence-electron chi connectivity index (χ1n) is 6.07. The molecule has 0 fully saturated rings. The molecule has 0 aromatic heterocycles. The molecule has 0 saturated carbocycles. The van der Waals surface area contributed by atoms with E-state index in [9.17, 15) is 9.00 Å². The number of nitrogens with zero attached hydrogens (tertiary/aromatic N) is 1. The number of hydrogen-bond acceptors (Lipinski definition) is 3. The summed E-state index contributed by atoms with van der Waals surface area (Å²) in [6.07, 6.45) is 3.30. The van der Waals surface area contributed by atoms with E-state index in [0.29, 0.717) is 27.5 Å². The Bertz CT molecular complexity index is 630. The van der Waals surface area contributed by atoms with E-state index in [4.69, 9.17) is 4.74 Å². The van der Waals surface area contributed by atoms with Gasteiger partial charge in [-0.2, -0.15) is 4.40 Å². The Hall–Kier alpha value is -2.01. The molecular weight excluding hydrogens is 274 g/mol. The molecule has 0 aliphatic heterocycles. The van der Waals surface area contributed by atoms with Gasteiger partial charge in [0.1, 0.15) is 5.75 Å². The number of ketones is 1. The lowest BCUT2D eigenvalue weighted by atomic mass is 9.98. The van der Waals surface area contributed by atoms with E-state index in [1.54, 1.807) is 57.4 Å². The molecule has 4 nitrogen and oxygen atoms in total. The van der Waals surface area contributed by atoms with Crippen LogP contribution in [-0.4, -0.2) is 22.8 Å². The molecule has 0 saturated heterocycles. The number of carbonyl (C=O) groups excluding carboxylic acids is 1. The topological polar surface area (TPSA) is 55.7 Å². The zero-order chi connectivity index (χ0) is 14.7. The van der Waals surface area contributed by atoms with Crippen molar-refractivity contribution in [3.05, 3.63) is 47.6 Å². The van der Waals surface area contributed by atoms with E-state index >= 15 is 0 Å². The van der Waals surface area contributed by atoms with Crippen molar-refractivity contribution in [2.45, 2.75) is 18.7 Å². The first kappa shape index (κ1) is 14.4. The fourth-order valence-corrected chi connectivity index (χ4v) is 2.59. The summed E-state index contributed by atoms with van der Waals surface area (Å²) in [5.41, 5.74) is 1.76. The highest BCUT2D eigenvalue weighted by Gasteiger charge is 2.14. The van der Waals surface area contributed by atoms with Gasteiger partial charge in [0.15, 0.2) is 16.8 Å². The van der Waals surface area contributed by atoms with E-state index in [1.807, 2.05) is 0 Å².